The van der Waals surface area contributed by atoms with Crippen molar-refractivity contribution in [3.63, 3.8) is 0 Å². The molecule has 0 saturated carbocycles. The Morgan fingerprint density at radius 3 is 2.70 bits per heavy atom. The summed E-state index contributed by atoms with van der Waals surface area (Å²) in [6.07, 6.45) is 3.21. The molecular formula is C6H5N2SY+2. The van der Waals surface area contributed by atoms with Crippen molar-refractivity contribution in [2.45, 2.75) is 0 Å². The topological polar surface area (TPSA) is 38.9 Å². The largest absolute Gasteiger partial charge is 3.00 e. The van der Waals surface area contributed by atoms with Crippen LogP contribution in [0.4, 0.5) is 0 Å². The van der Waals surface area contributed by atoms with Crippen LogP contribution in [0.15, 0.2) is 18.5 Å². The van der Waals surface area contributed by atoms with Gasteiger partial charge in [0, 0.05) is 4.99 Å². The maximum atomic E-state index is 5.27. The standard InChI is InChI=1S/C6H5N2S.Y/c7-6(9)5-2-1-3-8-4-5;/h1,3-4H,(H2,7,9);/q-1;+3. The molecule has 46 valence electrons. The van der Waals surface area contributed by atoms with Crippen molar-refractivity contribution in [1.82, 2.24) is 4.98 Å². The molecule has 0 saturated heterocycles. The van der Waals surface area contributed by atoms with Gasteiger partial charge in [0.05, 0.1) is 0 Å². The average molecular weight is 226 g/mol. The minimum atomic E-state index is 0. The van der Waals surface area contributed by atoms with Crippen molar-refractivity contribution in [2.24, 2.45) is 5.73 Å². The third-order valence-electron chi connectivity index (χ3n) is 0.869. The molecule has 0 atom stereocenters. The van der Waals surface area contributed by atoms with Gasteiger partial charge in [-0.05, 0) is 0 Å². The number of thiocarbonyl (C=S) groups is 1. The molecule has 4 heteroatoms. The van der Waals surface area contributed by atoms with E-state index in [1.165, 1.54) is 0 Å². The van der Waals surface area contributed by atoms with Crippen molar-refractivity contribution in [3.05, 3.63) is 30.1 Å². The Hall–Kier alpha value is 0.144. The molecule has 1 rings (SSSR count). The van der Waals surface area contributed by atoms with E-state index in [1.807, 2.05) is 0 Å². The molecule has 0 aromatic carbocycles. The molecule has 0 fully saturated rings. The first-order valence-electron chi connectivity index (χ1n) is 2.42. The number of nitrogens with zero attached hydrogens (tertiary/aromatic N) is 1. The molecule has 1 aromatic rings. The minimum Gasteiger partial charge on any atom is -0.427 e. The Kier molecular flexibility index (Phi) is 4.95. The number of rotatable bonds is 1. The molecule has 1 heterocycles. The zero-order valence-corrected chi connectivity index (χ0v) is 8.90. The Bertz CT molecular complexity index is 212. The number of hydrogen-bond acceptors (Lipinski definition) is 2. The van der Waals surface area contributed by atoms with Gasteiger partial charge < -0.3 is 10.7 Å². The van der Waals surface area contributed by atoms with Crippen LogP contribution in [0.3, 0.4) is 0 Å². The molecule has 2 nitrogen and oxygen atoms in total. The molecule has 0 radical (unpaired) electrons. The number of nitrogens with two attached hydrogens (primary N) is 1. The minimum absolute atomic E-state index is 0. The van der Waals surface area contributed by atoms with Crippen LogP contribution in [0.2, 0.25) is 0 Å². The molecule has 2 N–H and O–H groups in total. The number of hydrogen-bond donors (Lipinski definition) is 1. The molecule has 0 bridgehead atoms. The maximum Gasteiger partial charge on any atom is 3.00 e. The van der Waals surface area contributed by atoms with Crippen LogP contribution in [-0.2, 0) is 32.7 Å². The second-order valence-electron chi connectivity index (χ2n) is 1.52. The van der Waals surface area contributed by atoms with Crippen molar-refractivity contribution < 1.29 is 32.7 Å². The fraction of sp³-hybridized carbons (Fsp3) is 0. The van der Waals surface area contributed by atoms with Gasteiger partial charge in [0.25, 0.3) is 0 Å². The SMILES string of the molecule is NC(=S)c1[c-]ccnc1.[Y+3]. The Balaban J connectivity index is 0.000000810. The van der Waals surface area contributed by atoms with Crippen molar-refractivity contribution in [1.29, 1.82) is 0 Å². The molecule has 0 aliphatic carbocycles. The van der Waals surface area contributed by atoms with Gasteiger partial charge in [-0.3, -0.25) is 0 Å². The summed E-state index contributed by atoms with van der Waals surface area (Å²) in [4.78, 5) is 4.14. The Morgan fingerprint density at radius 2 is 2.40 bits per heavy atom. The molecule has 0 amide bonds. The third-order valence-corrected chi connectivity index (χ3v) is 1.09. The molecule has 0 unspecified atom stereocenters. The summed E-state index contributed by atoms with van der Waals surface area (Å²) in [5, 5.41) is 0. The van der Waals surface area contributed by atoms with E-state index in [0.717, 1.165) is 0 Å². The van der Waals surface area contributed by atoms with Crippen molar-refractivity contribution >= 4 is 17.2 Å². The number of pyridine rings is 1. The number of aromatic nitrogens is 1. The summed E-state index contributed by atoms with van der Waals surface area (Å²) in [6, 6.07) is 4.51. The van der Waals surface area contributed by atoms with Crippen LogP contribution >= 0.6 is 12.2 Å². The first kappa shape index (κ1) is 10.1. The predicted molar refractivity (Wildman–Crippen MR) is 39.0 cm³/mol. The van der Waals surface area contributed by atoms with Gasteiger partial charge >= 0.3 is 32.7 Å². The molecule has 1 aromatic heterocycles. The monoisotopic (exact) mass is 226 g/mol. The van der Waals surface area contributed by atoms with Crippen molar-refractivity contribution in [2.75, 3.05) is 0 Å². The van der Waals surface area contributed by atoms with Crippen LogP contribution in [0, 0.1) is 6.07 Å². The quantitative estimate of drug-likeness (QED) is 0.560. The zero-order chi connectivity index (χ0) is 6.69. The van der Waals surface area contributed by atoms with Crippen LogP contribution in [0.25, 0.3) is 0 Å². The van der Waals surface area contributed by atoms with E-state index in [4.69, 9.17) is 5.73 Å². The van der Waals surface area contributed by atoms with E-state index < -0.39 is 0 Å². The first-order valence-corrected chi connectivity index (χ1v) is 2.83. The van der Waals surface area contributed by atoms with E-state index in [0.29, 0.717) is 10.6 Å². The van der Waals surface area contributed by atoms with Gasteiger partial charge in [-0.2, -0.15) is 0 Å². The van der Waals surface area contributed by atoms with E-state index >= 15 is 0 Å². The van der Waals surface area contributed by atoms with Crippen LogP contribution < -0.4 is 5.73 Å². The molecule has 10 heavy (non-hydrogen) atoms. The summed E-state index contributed by atoms with van der Waals surface area (Å²) >= 11 is 4.67. The molecular weight excluding hydrogens is 221 g/mol. The average Bonchev–Trinajstić information content (AvgIpc) is 1.90. The van der Waals surface area contributed by atoms with Crippen LogP contribution in [-0.4, -0.2) is 9.97 Å². The molecule has 0 spiro atoms. The summed E-state index contributed by atoms with van der Waals surface area (Å²) < 4.78 is 0. The van der Waals surface area contributed by atoms with Gasteiger partial charge in [0.2, 0.25) is 0 Å². The predicted octanol–water partition coefficient (Wildman–Crippen LogP) is 0.513. The van der Waals surface area contributed by atoms with Gasteiger partial charge in [-0.1, -0.05) is 18.0 Å². The summed E-state index contributed by atoms with van der Waals surface area (Å²) in [6.45, 7) is 0. The third kappa shape index (κ3) is 2.82. The van der Waals surface area contributed by atoms with E-state index in [-0.39, 0.29) is 32.7 Å². The second-order valence-corrected chi connectivity index (χ2v) is 1.96. The molecule has 0 aliphatic heterocycles. The van der Waals surface area contributed by atoms with Crippen LogP contribution in [0.1, 0.15) is 5.56 Å². The fourth-order valence-electron chi connectivity index (χ4n) is 0.460. The molecule has 0 aliphatic rings. The first-order chi connectivity index (χ1) is 4.30. The van der Waals surface area contributed by atoms with E-state index in [1.54, 1.807) is 18.5 Å². The van der Waals surface area contributed by atoms with Gasteiger partial charge in [-0.25, -0.2) is 0 Å². The normalized spacial score (nSPS) is 8.00. The summed E-state index contributed by atoms with van der Waals surface area (Å²) in [7, 11) is 0. The summed E-state index contributed by atoms with van der Waals surface area (Å²) in [5.74, 6) is 0. The summed E-state index contributed by atoms with van der Waals surface area (Å²) in [5.41, 5.74) is 5.96. The second kappa shape index (κ2) is 4.88. The smallest absolute Gasteiger partial charge is 0.427 e. The Labute approximate surface area is 90.1 Å². The zero-order valence-electron chi connectivity index (χ0n) is 5.24. The van der Waals surface area contributed by atoms with Crippen molar-refractivity contribution in [3.8, 4) is 0 Å². The van der Waals surface area contributed by atoms with E-state index in [2.05, 4.69) is 23.3 Å². The van der Waals surface area contributed by atoms with Gasteiger partial charge in [-0.15, -0.1) is 24.4 Å². The maximum absolute atomic E-state index is 5.27. The fourth-order valence-corrected chi connectivity index (χ4v) is 0.571. The Morgan fingerprint density at radius 1 is 1.70 bits per heavy atom. The van der Waals surface area contributed by atoms with Gasteiger partial charge in [0.15, 0.2) is 0 Å². The van der Waals surface area contributed by atoms with E-state index in [9.17, 15) is 0 Å². The van der Waals surface area contributed by atoms with Gasteiger partial charge in [0.1, 0.15) is 0 Å². The van der Waals surface area contributed by atoms with Crippen LogP contribution in [0.5, 0.6) is 0 Å².